The summed E-state index contributed by atoms with van der Waals surface area (Å²) in [7, 11) is 0. The first kappa shape index (κ1) is 19.3. The number of ether oxygens (including phenoxy) is 2. The molecule has 0 N–H and O–H groups in total. The SMILES string of the molecule is O=c1/c(=C\c2ccc(-c3cccc(Br)c3)o2)sc2nc([C@@H]3COc4ccccc4O3)nn12. The molecule has 0 saturated carbocycles. The number of halogens is 1. The molecule has 9 heteroatoms. The van der Waals surface area contributed by atoms with E-state index in [1.807, 2.05) is 60.7 Å². The second kappa shape index (κ2) is 7.61. The predicted octanol–water partition coefficient (Wildman–Crippen LogP) is 4.23. The van der Waals surface area contributed by atoms with Gasteiger partial charge in [0.05, 0.1) is 0 Å². The Labute approximate surface area is 193 Å². The van der Waals surface area contributed by atoms with Gasteiger partial charge in [-0.25, -0.2) is 0 Å². The number of furan rings is 1. The van der Waals surface area contributed by atoms with Crippen LogP contribution in [0.25, 0.3) is 22.4 Å². The third-order valence-electron chi connectivity index (χ3n) is 5.00. The molecule has 1 aliphatic rings. The number of benzene rings is 2. The Hall–Kier alpha value is -3.43. The van der Waals surface area contributed by atoms with Crippen molar-refractivity contribution < 1.29 is 13.9 Å². The average molecular weight is 508 g/mol. The molecule has 6 rings (SSSR count). The predicted molar refractivity (Wildman–Crippen MR) is 123 cm³/mol. The largest absolute Gasteiger partial charge is 0.485 e. The van der Waals surface area contributed by atoms with Crippen molar-refractivity contribution in [3.8, 4) is 22.8 Å². The highest BCUT2D eigenvalue weighted by Gasteiger charge is 2.27. The van der Waals surface area contributed by atoms with Crippen molar-refractivity contribution in [2.24, 2.45) is 0 Å². The van der Waals surface area contributed by atoms with Crippen LogP contribution in [-0.4, -0.2) is 21.2 Å². The van der Waals surface area contributed by atoms with Gasteiger partial charge in [0.15, 0.2) is 23.4 Å². The molecule has 32 heavy (non-hydrogen) atoms. The molecule has 0 spiro atoms. The Kier molecular flexibility index (Phi) is 4.58. The van der Waals surface area contributed by atoms with E-state index in [1.54, 1.807) is 6.08 Å². The second-order valence-electron chi connectivity index (χ2n) is 7.16. The topological polar surface area (TPSA) is 78.9 Å². The number of fused-ring (bicyclic) bond motifs is 2. The van der Waals surface area contributed by atoms with Gasteiger partial charge in [-0.3, -0.25) is 4.79 Å². The lowest BCUT2D eigenvalue weighted by Gasteiger charge is -2.24. The van der Waals surface area contributed by atoms with Crippen LogP contribution in [0, 0.1) is 0 Å². The van der Waals surface area contributed by atoms with Crippen molar-refractivity contribution in [2.45, 2.75) is 6.10 Å². The third kappa shape index (κ3) is 3.39. The van der Waals surface area contributed by atoms with Crippen LogP contribution in [0.5, 0.6) is 11.5 Å². The van der Waals surface area contributed by atoms with E-state index in [1.165, 1.54) is 15.9 Å². The van der Waals surface area contributed by atoms with Crippen LogP contribution in [0.15, 0.2) is 74.3 Å². The number of para-hydroxylation sites is 2. The minimum atomic E-state index is -0.471. The zero-order chi connectivity index (χ0) is 21.7. The Morgan fingerprint density at radius 1 is 1.09 bits per heavy atom. The molecule has 7 nitrogen and oxygen atoms in total. The minimum Gasteiger partial charge on any atom is -0.485 e. The number of nitrogens with zero attached hydrogens (tertiary/aromatic N) is 3. The summed E-state index contributed by atoms with van der Waals surface area (Å²) in [5.74, 6) is 3.05. The molecule has 0 fully saturated rings. The third-order valence-corrected chi connectivity index (χ3v) is 6.46. The molecule has 0 bridgehead atoms. The normalized spacial score (nSPS) is 16.0. The van der Waals surface area contributed by atoms with E-state index >= 15 is 0 Å². The fourth-order valence-electron chi connectivity index (χ4n) is 3.49. The number of hydrogen-bond donors (Lipinski definition) is 0. The van der Waals surface area contributed by atoms with Crippen molar-refractivity contribution in [3.05, 3.63) is 91.6 Å². The summed E-state index contributed by atoms with van der Waals surface area (Å²) in [5.41, 5.74) is 0.700. The molecule has 1 atom stereocenters. The zero-order valence-electron chi connectivity index (χ0n) is 16.4. The van der Waals surface area contributed by atoms with Crippen LogP contribution in [-0.2, 0) is 0 Å². The summed E-state index contributed by atoms with van der Waals surface area (Å²) in [5, 5.41) is 4.38. The summed E-state index contributed by atoms with van der Waals surface area (Å²) in [6.07, 6.45) is 1.24. The van der Waals surface area contributed by atoms with E-state index in [9.17, 15) is 4.79 Å². The Morgan fingerprint density at radius 2 is 1.97 bits per heavy atom. The molecule has 1 aliphatic heterocycles. The van der Waals surface area contributed by atoms with E-state index in [0.717, 1.165) is 15.8 Å². The van der Waals surface area contributed by atoms with Gasteiger partial charge in [-0.05, 0) is 36.4 Å². The van der Waals surface area contributed by atoms with Crippen LogP contribution in [0.1, 0.15) is 17.7 Å². The lowest BCUT2D eigenvalue weighted by atomic mass is 10.2. The lowest BCUT2D eigenvalue weighted by Crippen LogP contribution is -2.26. The first-order chi connectivity index (χ1) is 15.6. The number of thiazole rings is 1. The quantitative estimate of drug-likeness (QED) is 0.363. The zero-order valence-corrected chi connectivity index (χ0v) is 18.8. The summed E-state index contributed by atoms with van der Waals surface area (Å²) in [6.45, 7) is 0.285. The fourth-order valence-corrected chi connectivity index (χ4v) is 4.78. The number of rotatable bonds is 3. The van der Waals surface area contributed by atoms with E-state index in [-0.39, 0.29) is 12.2 Å². The van der Waals surface area contributed by atoms with E-state index in [2.05, 4.69) is 26.0 Å². The maximum absolute atomic E-state index is 12.9. The monoisotopic (exact) mass is 507 g/mol. The molecule has 4 heterocycles. The molecule has 2 aromatic carbocycles. The van der Waals surface area contributed by atoms with Crippen molar-refractivity contribution in [2.75, 3.05) is 6.61 Å². The van der Waals surface area contributed by atoms with E-state index in [4.69, 9.17) is 13.9 Å². The maximum atomic E-state index is 12.9. The summed E-state index contributed by atoms with van der Waals surface area (Å²) in [6, 6.07) is 19.0. The number of hydrogen-bond acceptors (Lipinski definition) is 7. The van der Waals surface area contributed by atoms with Gasteiger partial charge in [-0.15, -0.1) is 5.10 Å². The Morgan fingerprint density at radius 3 is 2.81 bits per heavy atom. The van der Waals surface area contributed by atoms with E-state index < -0.39 is 6.10 Å². The Balaban J connectivity index is 1.30. The molecule has 5 aromatic rings. The summed E-state index contributed by atoms with van der Waals surface area (Å²) >= 11 is 4.72. The molecular formula is C23H14BrN3O4S. The highest BCUT2D eigenvalue weighted by atomic mass is 79.9. The van der Waals surface area contributed by atoms with Crippen LogP contribution in [0.4, 0.5) is 0 Å². The average Bonchev–Trinajstić information content (AvgIpc) is 3.51. The lowest BCUT2D eigenvalue weighted by molar-refractivity contribution is 0.0852. The van der Waals surface area contributed by atoms with Crippen LogP contribution in [0.2, 0.25) is 0 Å². The molecule has 158 valence electrons. The van der Waals surface area contributed by atoms with Crippen molar-refractivity contribution in [1.82, 2.24) is 14.6 Å². The van der Waals surface area contributed by atoms with Gasteiger partial charge in [-0.2, -0.15) is 9.50 Å². The Bertz CT molecular complexity index is 1570. The standard InChI is InChI=1S/C23H14BrN3O4S/c24-14-5-3-4-13(10-14)16-9-8-15(30-16)11-20-22(28)27-23(32-20)25-21(26-27)19-12-29-17-6-1-2-7-18(17)31-19/h1-11,19H,12H2/b20-11+/t19-/m0/s1. The molecule has 3 aromatic heterocycles. The van der Waals surface area contributed by atoms with Crippen molar-refractivity contribution in [3.63, 3.8) is 0 Å². The van der Waals surface area contributed by atoms with Gasteiger partial charge in [-0.1, -0.05) is 51.5 Å². The van der Waals surface area contributed by atoms with Gasteiger partial charge in [0, 0.05) is 16.1 Å². The minimum absolute atomic E-state index is 0.249. The highest BCUT2D eigenvalue weighted by Crippen LogP contribution is 2.35. The van der Waals surface area contributed by atoms with Gasteiger partial charge in [0.1, 0.15) is 22.7 Å². The van der Waals surface area contributed by atoms with Gasteiger partial charge in [0.25, 0.3) is 5.56 Å². The van der Waals surface area contributed by atoms with Crippen molar-refractivity contribution >= 4 is 38.3 Å². The maximum Gasteiger partial charge on any atom is 0.291 e. The fraction of sp³-hybridized carbons (Fsp3) is 0.0870. The molecule has 0 amide bonds. The summed E-state index contributed by atoms with van der Waals surface area (Å²) in [4.78, 5) is 17.9. The molecule has 0 radical (unpaired) electrons. The smallest absolute Gasteiger partial charge is 0.291 e. The van der Waals surface area contributed by atoms with Gasteiger partial charge < -0.3 is 13.9 Å². The first-order valence-corrected chi connectivity index (χ1v) is 11.4. The first-order valence-electron chi connectivity index (χ1n) is 9.79. The van der Waals surface area contributed by atoms with Crippen LogP contribution < -0.4 is 19.6 Å². The second-order valence-corrected chi connectivity index (χ2v) is 9.08. The van der Waals surface area contributed by atoms with Crippen LogP contribution >= 0.6 is 27.3 Å². The number of aromatic nitrogens is 3. The van der Waals surface area contributed by atoms with E-state index in [0.29, 0.717) is 32.6 Å². The summed E-state index contributed by atoms with van der Waals surface area (Å²) < 4.78 is 20.4. The molecular weight excluding hydrogens is 494 g/mol. The van der Waals surface area contributed by atoms with Gasteiger partial charge >= 0.3 is 0 Å². The van der Waals surface area contributed by atoms with Crippen LogP contribution in [0.3, 0.4) is 0 Å². The molecule has 0 aliphatic carbocycles. The molecule has 0 saturated heterocycles. The van der Waals surface area contributed by atoms with Crippen molar-refractivity contribution in [1.29, 1.82) is 0 Å². The highest BCUT2D eigenvalue weighted by molar-refractivity contribution is 9.10. The molecule has 0 unspecified atom stereocenters. The van der Waals surface area contributed by atoms with Gasteiger partial charge in [0.2, 0.25) is 4.96 Å².